The minimum absolute atomic E-state index is 0.0389. The van der Waals surface area contributed by atoms with Gasteiger partial charge in [0, 0.05) is 11.4 Å². The third kappa shape index (κ3) is 8.05. The molecule has 2 aromatic rings. The minimum Gasteiger partial charge on any atom is -0.445 e. The molecule has 2 amide bonds. The summed E-state index contributed by atoms with van der Waals surface area (Å²) in [5.74, 6) is 0.697. The van der Waals surface area contributed by atoms with E-state index in [0.29, 0.717) is 6.54 Å². The number of ether oxygens (including phenoxy) is 1. The molecule has 150 valence electrons. The van der Waals surface area contributed by atoms with Gasteiger partial charge in [-0.3, -0.25) is 4.79 Å². The average molecular weight is 401 g/mol. The van der Waals surface area contributed by atoms with Crippen LogP contribution in [0.1, 0.15) is 25.8 Å². The van der Waals surface area contributed by atoms with Crippen LogP contribution in [-0.2, 0) is 16.1 Å². The van der Waals surface area contributed by atoms with Crippen molar-refractivity contribution < 1.29 is 14.3 Å². The molecule has 0 radical (unpaired) electrons. The fourth-order valence-electron chi connectivity index (χ4n) is 2.53. The molecular weight excluding hydrogens is 372 g/mol. The van der Waals surface area contributed by atoms with Gasteiger partial charge in [0.05, 0.1) is 0 Å². The van der Waals surface area contributed by atoms with Gasteiger partial charge in [0.2, 0.25) is 5.91 Å². The van der Waals surface area contributed by atoms with E-state index in [1.807, 2.05) is 62.4 Å². The highest BCUT2D eigenvalue weighted by Gasteiger charge is 2.24. The summed E-state index contributed by atoms with van der Waals surface area (Å²) in [6, 6.07) is 19.0. The van der Waals surface area contributed by atoms with Crippen molar-refractivity contribution in [1.29, 1.82) is 0 Å². The summed E-state index contributed by atoms with van der Waals surface area (Å²) in [5.41, 5.74) is 0.902. The van der Waals surface area contributed by atoms with Crippen LogP contribution in [0.2, 0.25) is 0 Å². The number of thioether (sulfide) groups is 1. The second kappa shape index (κ2) is 12.1. The number of nitrogens with one attached hydrogen (secondary N) is 2. The van der Waals surface area contributed by atoms with E-state index in [4.69, 9.17) is 4.74 Å². The van der Waals surface area contributed by atoms with Gasteiger partial charge in [-0.05, 0) is 35.8 Å². The van der Waals surface area contributed by atoms with Crippen molar-refractivity contribution in [2.75, 3.05) is 12.3 Å². The largest absolute Gasteiger partial charge is 0.445 e. The lowest BCUT2D eigenvalue weighted by molar-refractivity contribution is -0.124. The van der Waals surface area contributed by atoms with Crippen molar-refractivity contribution in [3.8, 4) is 0 Å². The topological polar surface area (TPSA) is 67.4 Å². The highest BCUT2D eigenvalue weighted by molar-refractivity contribution is 7.99. The molecule has 5 nitrogen and oxygen atoms in total. The van der Waals surface area contributed by atoms with Gasteiger partial charge in [-0.25, -0.2) is 4.79 Å². The van der Waals surface area contributed by atoms with E-state index in [2.05, 4.69) is 22.8 Å². The first-order chi connectivity index (χ1) is 13.6. The number of alkyl carbamates (subject to hydrolysis) is 1. The van der Waals surface area contributed by atoms with Gasteiger partial charge < -0.3 is 15.4 Å². The Bertz CT molecular complexity index is 723. The maximum absolute atomic E-state index is 12.4. The number of hydrogen-bond acceptors (Lipinski definition) is 4. The quantitative estimate of drug-likeness (QED) is 0.462. The molecule has 1 atom stereocenters. The van der Waals surface area contributed by atoms with E-state index in [1.165, 1.54) is 4.90 Å². The predicted octanol–water partition coefficient (Wildman–Crippen LogP) is 4.24. The summed E-state index contributed by atoms with van der Waals surface area (Å²) in [6.45, 7) is 4.54. The maximum Gasteiger partial charge on any atom is 0.408 e. The Kier molecular flexibility index (Phi) is 9.42. The molecule has 0 aromatic heterocycles. The number of carbonyl (C=O) groups is 2. The first kappa shape index (κ1) is 21.8. The Morgan fingerprint density at radius 3 is 2.29 bits per heavy atom. The van der Waals surface area contributed by atoms with Crippen molar-refractivity contribution in [3.63, 3.8) is 0 Å². The van der Waals surface area contributed by atoms with Gasteiger partial charge in [-0.2, -0.15) is 0 Å². The van der Waals surface area contributed by atoms with Crippen molar-refractivity contribution in [1.82, 2.24) is 10.6 Å². The third-order valence-electron chi connectivity index (χ3n) is 4.07. The SMILES string of the molecule is CC(C)[C@H](NC(=O)OCc1ccccc1)C(=O)NCCCSc1ccccc1. The molecule has 0 unspecified atom stereocenters. The second-order valence-corrected chi connectivity index (χ2v) is 7.90. The summed E-state index contributed by atoms with van der Waals surface area (Å²) >= 11 is 1.76. The van der Waals surface area contributed by atoms with E-state index in [9.17, 15) is 9.59 Å². The zero-order valence-electron chi connectivity index (χ0n) is 16.4. The van der Waals surface area contributed by atoms with Crippen LogP contribution in [-0.4, -0.2) is 30.3 Å². The first-order valence-corrected chi connectivity index (χ1v) is 10.5. The summed E-state index contributed by atoms with van der Waals surface area (Å²) in [4.78, 5) is 25.7. The van der Waals surface area contributed by atoms with Crippen molar-refractivity contribution in [2.45, 2.75) is 37.8 Å². The molecule has 2 rings (SSSR count). The van der Waals surface area contributed by atoms with Crippen LogP contribution in [0.25, 0.3) is 0 Å². The lowest BCUT2D eigenvalue weighted by Gasteiger charge is -2.21. The molecule has 28 heavy (non-hydrogen) atoms. The van der Waals surface area contributed by atoms with E-state index in [0.717, 1.165) is 17.7 Å². The molecule has 0 aliphatic carbocycles. The first-order valence-electron chi connectivity index (χ1n) is 9.49. The molecule has 0 fully saturated rings. The number of amides is 2. The zero-order valence-corrected chi connectivity index (χ0v) is 17.2. The Hall–Kier alpha value is -2.47. The Morgan fingerprint density at radius 1 is 1.00 bits per heavy atom. The number of benzene rings is 2. The normalized spacial score (nSPS) is 11.7. The van der Waals surface area contributed by atoms with E-state index in [-0.39, 0.29) is 18.4 Å². The summed E-state index contributed by atoms with van der Waals surface area (Å²) < 4.78 is 5.22. The number of rotatable bonds is 10. The molecule has 6 heteroatoms. The van der Waals surface area contributed by atoms with Gasteiger partial charge in [0.1, 0.15) is 12.6 Å². The second-order valence-electron chi connectivity index (χ2n) is 6.73. The highest BCUT2D eigenvalue weighted by Crippen LogP contribution is 2.17. The molecule has 0 bridgehead atoms. The minimum atomic E-state index is -0.620. The highest BCUT2D eigenvalue weighted by atomic mass is 32.2. The van der Waals surface area contributed by atoms with Crippen LogP contribution >= 0.6 is 11.8 Å². The molecule has 0 heterocycles. The monoisotopic (exact) mass is 400 g/mol. The molecule has 0 spiro atoms. The van der Waals surface area contributed by atoms with E-state index >= 15 is 0 Å². The molecular formula is C22H28N2O3S. The van der Waals surface area contributed by atoms with Gasteiger partial charge in [-0.1, -0.05) is 62.4 Å². The lowest BCUT2D eigenvalue weighted by Crippen LogP contribution is -2.50. The smallest absolute Gasteiger partial charge is 0.408 e. The van der Waals surface area contributed by atoms with Crippen LogP contribution in [0.4, 0.5) is 4.79 Å². The molecule has 0 saturated carbocycles. The standard InChI is InChI=1S/C22H28N2O3S/c1-17(2)20(24-22(26)27-16-18-10-5-3-6-11-18)21(25)23-14-9-15-28-19-12-7-4-8-13-19/h3-8,10-13,17,20H,9,14-16H2,1-2H3,(H,23,25)(H,24,26)/t20-/m0/s1. The molecule has 0 aliphatic heterocycles. The fourth-order valence-corrected chi connectivity index (χ4v) is 3.40. The van der Waals surface area contributed by atoms with Gasteiger partial charge in [-0.15, -0.1) is 11.8 Å². The zero-order chi connectivity index (χ0) is 20.2. The maximum atomic E-state index is 12.4. The Morgan fingerprint density at radius 2 is 1.64 bits per heavy atom. The summed E-state index contributed by atoms with van der Waals surface area (Å²) in [7, 11) is 0. The number of carbonyl (C=O) groups excluding carboxylic acids is 2. The van der Waals surface area contributed by atoms with E-state index in [1.54, 1.807) is 11.8 Å². The van der Waals surface area contributed by atoms with Crippen LogP contribution in [0.5, 0.6) is 0 Å². The Balaban J connectivity index is 1.69. The third-order valence-corrected chi connectivity index (χ3v) is 5.17. The van der Waals surface area contributed by atoms with Crippen LogP contribution in [0, 0.1) is 5.92 Å². The summed E-state index contributed by atoms with van der Waals surface area (Å²) in [6.07, 6.45) is 0.270. The van der Waals surface area contributed by atoms with Crippen molar-refractivity contribution >= 4 is 23.8 Å². The van der Waals surface area contributed by atoms with Crippen molar-refractivity contribution in [2.24, 2.45) is 5.92 Å². The number of hydrogen-bond donors (Lipinski definition) is 2. The molecule has 0 saturated heterocycles. The molecule has 2 N–H and O–H groups in total. The molecule has 2 aromatic carbocycles. The summed E-state index contributed by atoms with van der Waals surface area (Å²) in [5, 5.41) is 5.58. The average Bonchev–Trinajstić information content (AvgIpc) is 2.71. The van der Waals surface area contributed by atoms with Crippen LogP contribution in [0.3, 0.4) is 0 Å². The van der Waals surface area contributed by atoms with Gasteiger partial charge >= 0.3 is 6.09 Å². The van der Waals surface area contributed by atoms with Crippen LogP contribution in [0.15, 0.2) is 65.6 Å². The Labute approximate surface area is 171 Å². The van der Waals surface area contributed by atoms with Gasteiger partial charge in [0.25, 0.3) is 0 Å². The fraction of sp³-hybridized carbons (Fsp3) is 0.364. The van der Waals surface area contributed by atoms with E-state index < -0.39 is 12.1 Å². The molecule has 0 aliphatic rings. The predicted molar refractivity (Wildman–Crippen MR) is 113 cm³/mol. The van der Waals surface area contributed by atoms with Gasteiger partial charge in [0.15, 0.2) is 0 Å². The van der Waals surface area contributed by atoms with Crippen LogP contribution < -0.4 is 10.6 Å². The van der Waals surface area contributed by atoms with Crippen molar-refractivity contribution in [3.05, 3.63) is 66.2 Å². The lowest BCUT2D eigenvalue weighted by atomic mass is 10.0.